The Morgan fingerprint density at radius 1 is 1.43 bits per heavy atom. The van der Waals surface area contributed by atoms with Crippen molar-refractivity contribution in [2.45, 2.75) is 38.6 Å². The quantitative estimate of drug-likeness (QED) is 0.869. The number of nitrogens with zero attached hydrogens (tertiary/aromatic N) is 1. The Bertz CT molecular complexity index is 614. The van der Waals surface area contributed by atoms with Gasteiger partial charge in [-0.3, -0.25) is 4.79 Å². The molecule has 1 heterocycles. The molecule has 0 bridgehead atoms. The van der Waals surface area contributed by atoms with E-state index in [1.807, 2.05) is 6.92 Å². The summed E-state index contributed by atoms with van der Waals surface area (Å²) in [7, 11) is 0. The number of hydrogen-bond acceptors (Lipinski definition) is 3. The van der Waals surface area contributed by atoms with Crippen LogP contribution in [0.5, 0.6) is 0 Å². The number of carboxylic acids is 1. The van der Waals surface area contributed by atoms with Gasteiger partial charge in [0, 0.05) is 18.3 Å². The van der Waals surface area contributed by atoms with Crippen LogP contribution in [0.25, 0.3) is 0 Å². The lowest BCUT2D eigenvalue weighted by Gasteiger charge is -2.32. The van der Waals surface area contributed by atoms with E-state index >= 15 is 0 Å². The fourth-order valence-corrected chi connectivity index (χ4v) is 3.51. The van der Waals surface area contributed by atoms with Crippen molar-refractivity contribution in [2.75, 3.05) is 11.4 Å². The molecule has 3 rings (SSSR count). The number of carbonyl (C=O) groups excluding carboxylic acids is 1. The van der Waals surface area contributed by atoms with E-state index < -0.39 is 11.4 Å². The van der Waals surface area contributed by atoms with Gasteiger partial charge in [-0.25, -0.2) is 4.79 Å². The number of aromatic carboxylic acids is 1. The number of anilines is 1. The number of carbonyl (C=O) groups is 2. The molecule has 112 valence electrons. The highest BCUT2D eigenvalue weighted by Crippen LogP contribution is 2.41. The van der Waals surface area contributed by atoms with Crippen LogP contribution in [0.15, 0.2) is 18.2 Å². The van der Waals surface area contributed by atoms with E-state index in [-0.39, 0.29) is 17.5 Å². The summed E-state index contributed by atoms with van der Waals surface area (Å²) in [5, 5.41) is 9.04. The number of fused-ring (bicyclic) bond motifs is 1. The van der Waals surface area contributed by atoms with Gasteiger partial charge in [-0.2, -0.15) is 0 Å². The molecule has 3 N–H and O–H groups in total. The first kappa shape index (κ1) is 14.1. The van der Waals surface area contributed by atoms with Crippen molar-refractivity contribution in [3.63, 3.8) is 0 Å². The second-order valence-corrected chi connectivity index (χ2v) is 6.27. The topological polar surface area (TPSA) is 83.6 Å². The van der Waals surface area contributed by atoms with Gasteiger partial charge in [-0.15, -0.1) is 0 Å². The lowest BCUT2D eigenvalue weighted by Crippen LogP contribution is -2.49. The second-order valence-electron chi connectivity index (χ2n) is 6.27. The minimum absolute atomic E-state index is 0.0781. The molecule has 1 saturated carbocycles. The van der Waals surface area contributed by atoms with Crippen LogP contribution >= 0.6 is 0 Å². The molecule has 1 aliphatic heterocycles. The SMILES string of the molecule is CC1(C(=O)N2CCc3cc(C(=O)O)ccc32)CCCC1N. The van der Waals surface area contributed by atoms with E-state index in [1.54, 1.807) is 23.1 Å². The van der Waals surface area contributed by atoms with Gasteiger partial charge >= 0.3 is 5.97 Å². The van der Waals surface area contributed by atoms with Gasteiger partial charge < -0.3 is 15.7 Å². The minimum atomic E-state index is -0.938. The highest BCUT2D eigenvalue weighted by Gasteiger charge is 2.46. The third kappa shape index (κ3) is 2.12. The van der Waals surface area contributed by atoms with Crippen LogP contribution in [0, 0.1) is 5.41 Å². The highest BCUT2D eigenvalue weighted by molar-refractivity contribution is 6.00. The van der Waals surface area contributed by atoms with E-state index in [1.165, 1.54) is 0 Å². The molecule has 2 aliphatic rings. The van der Waals surface area contributed by atoms with Gasteiger partial charge in [0.2, 0.25) is 5.91 Å². The zero-order chi connectivity index (χ0) is 15.2. The minimum Gasteiger partial charge on any atom is -0.478 e. The van der Waals surface area contributed by atoms with Crippen molar-refractivity contribution < 1.29 is 14.7 Å². The second kappa shape index (κ2) is 4.84. The lowest BCUT2D eigenvalue weighted by atomic mass is 9.83. The summed E-state index contributed by atoms with van der Waals surface area (Å²) in [6.45, 7) is 2.57. The van der Waals surface area contributed by atoms with Crippen LogP contribution in [-0.4, -0.2) is 29.6 Å². The van der Waals surface area contributed by atoms with Gasteiger partial charge in [0.15, 0.2) is 0 Å². The molecular formula is C16H20N2O3. The molecule has 1 aliphatic carbocycles. The molecule has 0 aromatic heterocycles. The first-order valence-electron chi connectivity index (χ1n) is 7.37. The Kier molecular flexibility index (Phi) is 3.24. The van der Waals surface area contributed by atoms with Crippen LogP contribution in [-0.2, 0) is 11.2 Å². The summed E-state index contributed by atoms with van der Waals surface area (Å²) in [6.07, 6.45) is 3.41. The van der Waals surface area contributed by atoms with Crippen LogP contribution < -0.4 is 10.6 Å². The zero-order valence-electron chi connectivity index (χ0n) is 12.1. The van der Waals surface area contributed by atoms with Crippen molar-refractivity contribution in [1.82, 2.24) is 0 Å². The standard InChI is InChI=1S/C16H20N2O3/c1-16(7-2-3-13(16)17)15(21)18-8-6-10-9-11(14(19)20)4-5-12(10)18/h4-5,9,13H,2-3,6-8,17H2,1H3,(H,19,20). The molecule has 5 heteroatoms. The Balaban J connectivity index is 1.91. The molecule has 1 aromatic rings. The predicted octanol–water partition coefficient (Wildman–Crippen LogP) is 1.79. The number of nitrogens with two attached hydrogens (primary N) is 1. The molecule has 0 radical (unpaired) electrons. The number of carboxylic acid groups (broad SMARTS) is 1. The van der Waals surface area contributed by atoms with E-state index in [0.29, 0.717) is 13.0 Å². The van der Waals surface area contributed by atoms with Crippen LogP contribution in [0.3, 0.4) is 0 Å². The molecule has 1 fully saturated rings. The normalized spacial score (nSPS) is 27.7. The fraction of sp³-hybridized carbons (Fsp3) is 0.500. The summed E-state index contributed by atoms with van der Waals surface area (Å²) in [4.78, 5) is 25.7. The Morgan fingerprint density at radius 2 is 2.19 bits per heavy atom. The maximum Gasteiger partial charge on any atom is 0.335 e. The smallest absolute Gasteiger partial charge is 0.335 e. The molecular weight excluding hydrogens is 268 g/mol. The molecule has 1 amide bonds. The Labute approximate surface area is 123 Å². The van der Waals surface area contributed by atoms with Gasteiger partial charge in [0.1, 0.15) is 0 Å². The first-order chi connectivity index (χ1) is 9.93. The highest BCUT2D eigenvalue weighted by atomic mass is 16.4. The van der Waals surface area contributed by atoms with Gasteiger partial charge in [-0.1, -0.05) is 6.42 Å². The number of amides is 1. The molecule has 0 spiro atoms. The van der Waals surface area contributed by atoms with Crippen molar-refractivity contribution in [3.05, 3.63) is 29.3 Å². The summed E-state index contributed by atoms with van der Waals surface area (Å²) in [5.74, 6) is -0.860. The third-order valence-corrected chi connectivity index (χ3v) is 4.99. The summed E-state index contributed by atoms with van der Waals surface area (Å²) < 4.78 is 0. The number of benzene rings is 1. The van der Waals surface area contributed by atoms with Crippen LogP contribution in [0.4, 0.5) is 5.69 Å². The fourth-order valence-electron chi connectivity index (χ4n) is 3.51. The van der Waals surface area contributed by atoms with E-state index in [4.69, 9.17) is 10.8 Å². The van der Waals surface area contributed by atoms with Gasteiger partial charge in [-0.05, 0) is 49.9 Å². The Morgan fingerprint density at radius 3 is 2.81 bits per heavy atom. The predicted molar refractivity (Wildman–Crippen MR) is 79.4 cm³/mol. The first-order valence-corrected chi connectivity index (χ1v) is 7.37. The summed E-state index contributed by atoms with van der Waals surface area (Å²) in [6, 6.07) is 4.88. The van der Waals surface area contributed by atoms with E-state index in [0.717, 1.165) is 30.5 Å². The molecule has 21 heavy (non-hydrogen) atoms. The lowest BCUT2D eigenvalue weighted by molar-refractivity contribution is -0.127. The summed E-state index contributed by atoms with van der Waals surface area (Å²) in [5.41, 5.74) is 7.68. The number of rotatable bonds is 2. The van der Waals surface area contributed by atoms with E-state index in [9.17, 15) is 9.59 Å². The molecule has 2 atom stereocenters. The average Bonchev–Trinajstić information content (AvgIpc) is 3.02. The van der Waals surface area contributed by atoms with Gasteiger partial charge in [0.05, 0.1) is 11.0 Å². The largest absolute Gasteiger partial charge is 0.478 e. The van der Waals surface area contributed by atoms with Crippen molar-refractivity contribution in [1.29, 1.82) is 0 Å². The van der Waals surface area contributed by atoms with Crippen molar-refractivity contribution in [2.24, 2.45) is 11.1 Å². The van der Waals surface area contributed by atoms with E-state index in [2.05, 4.69) is 0 Å². The van der Waals surface area contributed by atoms with Crippen molar-refractivity contribution >= 4 is 17.6 Å². The maximum absolute atomic E-state index is 12.9. The average molecular weight is 288 g/mol. The Hall–Kier alpha value is -1.88. The summed E-state index contributed by atoms with van der Waals surface area (Å²) >= 11 is 0. The monoisotopic (exact) mass is 288 g/mol. The molecule has 1 aromatic carbocycles. The molecule has 0 saturated heterocycles. The van der Waals surface area contributed by atoms with Crippen LogP contribution in [0.2, 0.25) is 0 Å². The van der Waals surface area contributed by atoms with Gasteiger partial charge in [0.25, 0.3) is 0 Å². The maximum atomic E-state index is 12.9. The van der Waals surface area contributed by atoms with Crippen molar-refractivity contribution in [3.8, 4) is 0 Å². The third-order valence-electron chi connectivity index (χ3n) is 4.99. The number of hydrogen-bond donors (Lipinski definition) is 2. The molecule has 5 nitrogen and oxygen atoms in total. The molecule has 2 unspecified atom stereocenters. The zero-order valence-corrected chi connectivity index (χ0v) is 12.1. The van der Waals surface area contributed by atoms with Crippen LogP contribution in [0.1, 0.15) is 42.1 Å².